The molecule has 22 heavy (non-hydrogen) atoms. The van der Waals surface area contributed by atoms with Gasteiger partial charge < -0.3 is 4.57 Å². The summed E-state index contributed by atoms with van der Waals surface area (Å²) in [6, 6.07) is 7.70. The maximum atomic E-state index is 13.1. The van der Waals surface area contributed by atoms with Crippen molar-refractivity contribution in [3.8, 4) is 11.5 Å². The first-order valence-electron chi connectivity index (χ1n) is 6.74. The average molecular weight is 306 g/mol. The monoisotopic (exact) mass is 306 g/mol. The molecule has 0 spiro atoms. The molecular weight excluding hydrogens is 293 g/mol. The first-order chi connectivity index (χ1) is 10.4. The number of hydrogen-bond donors (Lipinski definition) is 0. The quantitative estimate of drug-likeness (QED) is 0.745. The lowest BCUT2D eigenvalue weighted by Crippen LogP contribution is -2.20. The van der Waals surface area contributed by atoms with Gasteiger partial charge in [0.2, 0.25) is 5.82 Å². The van der Waals surface area contributed by atoms with Crippen LogP contribution in [0.25, 0.3) is 11.5 Å². The Kier molecular flexibility index (Phi) is 3.56. The Morgan fingerprint density at radius 1 is 1.18 bits per heavy atom. The lowest BCUT2D eigenvalue weighted by molar-refractivity contribution is -0.148. The SMILES string of the molecule is Cc1cccc(CCn2cc3ncnc-3nc2C(F)(F)F)c1. The van der Waals surface area contributed by atoms with E-state index in [9.17, 15) is 13.2 Å². The van der Waals surface area contributed by atoms with E-state index < -0.39 is 12.0 Å². The fourth-order valence-corrected chi connectivity index (χ4v) is 2.33. The summed E-state index contributed by atoms with van der Waals surface area (Å²) >= 11 is 0. The van der Waals surface area contributed by atoms with Gasteiger partial charge in [0.05, 0.1) is 0 Å². The van der Waals surface area contributed by atoms with E-state index in [0.29, 0.717) is 12.1 Å². The van der Waals surface area contributed by atoms with Crippen LogP contribution >= 0.6 is 0 Å². The van der Waals surface area contributed by atoms with Crippen LogP contribution in [-0.2, 0) is 19.1 Å². The van der Waals surface area contributed by atoms with Crippen molar-refractivity contribution in [2.75, 3.05) is 0 Å². The molecule has 0 bridgehead atoms. The maximum Gasteiger partial charge on any atom is 0.449 e. The van der Waals surface area contributed by atoms with Gasteiger partial charge in [0.15, 0.2) is 5.82 Å². The summed E-state index contributed by atoms with van der Waals surface area (Å²) in [6.45, 7) is 2.12. The topological polar surface area (TPSA) is 43.6 Å². The zero-order valence-corrected chi connectivity index (χ0v) is 11.8. The van der Waals surface area contributed by atoms with Crippen LogP contribution in [0.15, 0.2) is 36.8 Å². The van der Waals surface area contributed by atoms with Gasteiger partial charge in [0.1, 0.15) is 12.0 Å². The van der Waals surface area contributed by atoms with Gasteiger partial charge in [-0.2, -0.15) is 13.2 Å². The molecule has 0 aliphatic carbocycles. The summed E-state index contributed by atoms with van der Waals surface area (Å²) in [5.74, 6) is -0.938. The van der Waals surface area contributed by atoms with Gasteiger partial charge in [0, 0.05) is 12.7 Å². The van der Waals surface area contributed by atoms with Gasteiger partial charge in [-0.15, -0.1) is 0 Å². The molecule has 4 nitrogen and oxygen atoms in total. The number of aryl methyl sites for hydroxylation is 3. The van der Waals surface area contributed by atoms with E-state index in [1.807, 2.05) is 31.2 Å². The van der Waals surface area contributed by atoms with Crippen LogP contribution in [0.4, 0.5) is 13.2 Å². The minimum atomic E-state index is -4.53. The van der Waals surface area contributed by atoms with Crippen LogP contribution in [0.5, 0.6) is 0 Å². The average Bonchev–Trinajstić information content (AvgIpc) is 2.90. The molecule has 2 aliphatic heterocycles. The molecule has 114 valence electrons. The van der Waals surface area contributed by atoms with Crippen LogP contribution < -0.4 is 0 Å². The van der Waals surface area contributed by atoms with Crippen molar-refractivity contribution in [2.45, 2.75) is 26.1 Å². The number of rotatable bonds is 3. The van der Waals surface area contributed by atoms with Gasteiger partial charge in [-0.1, -0.05) is 29.8 Å². The molecule has 2 aliphatic rings. The first kappa shape index (κ1) is 14.5. The van der Waals surface area contributed by atoms with Crippen molar-refractivity contribution >= 4 is 0 Å². The molecule has 1 aromatic carbocycles. The molecule has 0 N–H and O–H groups in total. The van der Waals surface area contributed by atoms with Crippen molar-refractivity contribution < 1.29 is 13.2 Å². The number of halogens is 3. The maximum absolute atomic E-state index is 13.1. The van der Waals surface area contributed by atoms with Gasteiger partial charge in [-0.25, -0.2) is 15.0 Å². The standard InChI is InChI=1S/C15H13F3N4/c1-10-3-2-4-11(7-10)5-6-22-8-12-13(20-9-19-12)21-14(22)15(16,17)18/h2-4,7-9H,5-6H2,1H3. The normalized spacial score (nSPS) is 12.0. The highest BCUT2D eigenvalue weighted by molar-refractivity contribution is 5.48. The van der Waals surface area contributed by atoms with Gasteiger partial charge in [-0.3, -0.25) is 0 Å². The third kappa shape index (κ3) is 2.93. The predicted molar refractivity (Wildman–Crippen MR) is 74.3 cm³/mol. The molecule has 3 rings (SSSR count). The van der Waals surface area contributed by atoms with Gasteiger partial charge in [-0.05, 0) is 18.9 Å². The highest BCUT2D eigenvalue weighted by Gasteiger charge is 2.37. The fraction of sp³-hybridized carbons (Fsp3) is 0.267. The van der Waals surface area contributed by atoms with Gasteiger partial charge in [0.25, 0.3) is 0 Å². The molecule has 0 atom stereocenters. The van der Waals surface area contributed by atoms with Crippen molar-refractivity contribution in [3.05, 3.63) is 53.7 Å². The molecule has 0 amide bonds. The highest BCUT2D eigenvalue weighted by atomic mass is 19.4. The third-order valence-corrected chi connectivity index (χ3v) is 3.35. The minimum absolute atomic E-state index is 0.0131. The Balaban J connectivity index is 1.93. The van der Waals surface area contributed by atoms with Crippen LogP contribution in [0.3, 0.4) is 0 Å². The van der Waals surface area contributed by atoms with E-state index in [1.54, 1.807) is 0 Å². The summed E-state index contributed by atoms with van der Waals surface area (Å²) < 4.78 is 40.5. The molecule has 7 heteroatoms. The van der Waals surface area contributed by atoms with Crippen LogP contribution in [0, 0.1) is 6.92 Å². The Hall–Kier alpha value is -2.44. The second-order valence-electron chi connectivity index (χ2n) is 5.08. The lowest BCUT2D eigenvalue weighted by Gasteiger charge is -2.16. The molecule has 2 heterocycles. The largest absolute Gasteiger partial charge is 0.449 e. The second-order valence-corrected chi connectivity index (χ2v) is 5.08. The van der Waals surface area contributed by atoms with Crippen LogP contribution in [-0.4, -0.2) is 19.5 Å². The molecule has 1 aromatic rings. The number of alkyl halides is 3. The number of nitrogens with zero attached hydrogens (tertiary/aromatic N) is 4. The van der Waals surface area contributed by atoms with Crippen molar-refractivity contribution in [1.29, 1.82) is 0 Å². The number of hydrogen-bond acceptors (Lipinski definition) is 3. The summed E-state index contributed by atoms with van der Waals surface area (Å²) in [6.07, 6.45) is -1.48. The number of aromatic nitrogens is 4. The number of benzene rings is 1. The Bertz CT molecular complexity index is 764. The molecule has 0 fully saturated rings. The molecular formula is C15H13F3N4. The van der Waals surface area contributed by atoms with Crippen LogP contribution in [0.2, 0.25) is 0 Å². The minimum Gasteiger partial charge on any atom is -0.326 e. The Morgan fingerprint density at radius 2 is 2.00 bits per heavy atom. The summed E-state index contributed by atoms with van der Waals surface area (Å²) in [7, 11) is 0. The van der Waals surface area contributed by atoms with Crippen molar-refractivity contribution in [1.82, 2.24) is 19.5 Å². The second kappa shape index (κ2) is 5.40. The van der Waals surface area contributed by atoms with Crippen LogP contribution in [0.1, 0.15) is 17.0 Å². The zero-order chi connectivity index (χ0) is 15.7. The van der Waals surface area contributed by atoms with Gasteiger partial charge >= 0.3 is 6.18 Å². The van der Waals surface area contributed by atoms with Crippen molar-refractivity contribution in [3.63, 3.8) is 0 Å². The highest BCUT2D eigenvalue weighted by Crippen LogP contribution is 2.30. The van der Waals surface area contributed by atoms with E-state index in [-0.39, 0.29) is 12.4 Å². The van der Waals surface area contributed by atoms with Crippen molar-refractivity contribution in [2.24, 2.45) is 0 Å². The fourth-order valence-electron chi connectivity index (χ4n) is 2.33. The summed E-state index contributed by atoms with van der Waals surface area (Å²) in [5, 5.41) is 0. The Morgan fingerprint density at radius 3 is 2.73 bits per heavy atom. The molecule has 0 radical (unpaired) electrons. The first-order valence-corrected chi connectivity index (χ1v) is 6.74. The molecule has 0 unspecified atom stereocenters. The predicted octanol–water partition coefficient (Wildman–Crippen LogP) is 3.35. The number of fused-ring (bicyclic) bond motifs is 1. The zero-order valence-electron chi connectivity index (χ0n) is 11.8. The smallest absolute Gasteiger partial charge is 0.326 e. The van der Waals surface area contributed by atoms with E-state index in [4.69, 9.17) is 0 Å². The molecule has 0 saturated heterocycles. The van der Waals surface area contributed by atoms with E-state index in [0.717, 1.165) is 15.7 Å². The summed E-state index contributed by atoms with van der Waals surface area (Å²) in [4.78, 5) is 11.2. The summed E-state index contributed by atoms with van der Waals surface area (Å²) in [5.41, 5.74) is 2.42. The third-order valence-electron chi connectivity index (χ3n) is 3.35. The van der Waals surface area contributed by atoms with E-state index >= 15 is 0 Å². The lowest BCUT2D eigenvalue weighted by atomic mass is 10.1. The Labute approximate surface area is 125 Å². The molecule has 0 saturated carbocycles. The number of imidazole rings is 1. The van der Waals surface area contributed by atoms with E-state index in [1.165, 1.54) is 12.5 Å². The molecule has 0 aromatic heterocycles. The van der Waals surface area contributed by atoms with E-state index in [2.05, 4.69) is 15.0 Å².